The highest BCUT2D eigenvalue weighted by atomic mass is 16.5. The quantitative estimate of drug-likeness (QED) is 0.0525. The van der Waals surface area contributed by atoms with Crippen molar-refractivity contribution in [3.63, 3.8) is 0 Å². The first-order valence-corrected chi connectivity index (χ1v) is 17.7. The van der Waals surface area contributed by atoms with E-state index in [-0.39, 0.29) is 11.9 Å². The van der Waals surface area contributed by atoms with Crippen molar-refractivity contribution >= 4 is 11.9 Å². The molecule has 0 radical (unpaired) electrons. The number of carbonyl (C=O) groups excluding carboxylic acids is 2. The molecule has 49 heavy (non-hydrogen) atoms. The van der Waals surface area contributed by atoms with E-state index in [0.717, 1.165) is 71.9 Å². The van der Waals surface area contributed by atoms with Gasteiger partial charge < -0.3 is 13.9 Å². The van der Waals surface area contributed by atoms with Gasteiger partial charge in [0.25, 0.3) is 0 Å². The summed E-state index contributed by atoms with van der Waals surface area (Å²) in [6, 6.07) is 31.0. The first kappa shape index (κ1) is 35.3. The number of carbonyl (C=O) groups is 2. The number of unbranched alkanes of at least 4 members (excludes halogenated alkanes) is 8. The van der Waals surface area contributed by atoms with Gasteiger partial charge in [-0.2, -0.15) is 0 Å². The average Bonchev–Trinajstić information content (AvgIpc) is 3.63. The lowest BCUT2D eigenvalue weighted by Crippen LogP contribution is -2.07. The van der Waals surface area contributed by atoms with E-state index in [1.807, 2.05) is 97.1 Å². The third-order valence-corrected chi connectivity index (χ3v) is 8.50. The van der Waals surface area contributed by atoms with Crippen molar-refractivity contribution in [2.75, 3.05) is 0 Å². The smallest absolute Gasteiger partial charge is 0.311 e. The second kappa shape index (κ2) is 18.5. The summed E-state index contributed by atoms with van der Waals surface area (Å²) >= 11 is 0. The maximum absolute atomic E-state index is 12.2. The minimum Gasteiger partial charge on any atom is -0.427 e. The lowest BCUT2D eigenvalue weighted by atomic mass is 10.0. The molecule has 0 N–H and O–H groups in total. The molecule has 5 rings (SSSR count). The number of hydrogen-bond donors (Lipinski definition) is 0. The van der Waals surface area contributed by atoms with Crippen LogP contribution in [0.3, 0.4) is 0 Å². The Balaban J connectivity index is 1.12. The summed E-state index contributed by atoms with van der Waals surface area (Å²) in [5.74, 6) is 1.63. The molecule has 0 aliphatic heterocycles. The van der Waals surface area contributed by atoms with Crippen molar-refractivity contribution in [2.24, 2.45) is 0 Å². The molecule has 0 fully saturated rings. The van der Waals surface area contributed by atoms with Crippen molar-refractivity contribution in [2.45, 2.75) is 90.9 Å². The zero-order chi connectivity index (χ0) is 34.3. The number of aromatic nitrogens is 2. The Bertz CT molecular complexity index is 1610. The normalized spacial score (nSPS) is 11.0. The molecule has 7 nitrogen and oxygen atoms in total. The lowest BCUT2D eigenvalue weighted by Gasteiger charge is -2.07. The van der Waals surface area contributed by atoms with Gasteiger partial charge in [0.2, 0.25) is 11.8 Å². The van der Waals surface area contributed by atoms with Gasteiger partial charge >= 0.3 is 11.9 Å². The molecule has 0 saturated carbocycles. The number of nitrogens with zero attached hydrogens (tertiary/aromatic N) is 2. The van der Waals surface area contributed by atoms with E-state index in [1.165, 1.54) is 25.7 Å². The number of hydrogen-bond acceptors (Lipinski definition) is 7. The van der Waals surface area contributed by atoms with Gasteiger partial charge in [0.15, 0.2) is 0 Å². The molecule has 254 valence electrons. The second-order valence-corrected chi connectivity index (χ2v) is 12.4. The van der Waals surface area contributed by atoms with Gasteiger partial charge in [-0.15, -0.1) is 10.2 Å². The standard InChI is InChI=1S/C42H46N2O5/c1-3-5-7-9-11-13-39(45)47-37-27-23-33(24-28-37)31-15-19-35(20-16-31)41-43-44-42(49-41)36-21-17-32(18-22-36)34-25-29-38(30-26-34)48-40(46)14-12-10-8-6-4-2/h15-30H,3-14H2,1-2H3. The number of ether oxygens (including phenoxy) is 2. The molecule has 0 spiro atoms. The molecule has 0 unspecified atom stereocenters. The predicted molar refractivity (Wildman–Crippen MR) is 194 cm³/mol. The molecule has 0 aliphatic carbocycles. The number of rotatable bonds is 18. The van der Waals surface area contributed by atoms with Crippen LogP contribution in [0.15, 0.2) is 101 Å². The van der Waals surface area contributed by atoms with Crippen molar-refractivity contribution in [3.05, 3.63) is 97.1 Å². The van der Waals surface area contributed by atoms with Gasteiger partial charge in [0, 0.05) is 24.0 Å². The molecule has 1 heterocycles. The number of benzene rings is 4. The van der Waals surface area contributed by atoms with E-state index >= 15 is 0 Å². The summed E-state index contributed by atoms with van der Waals surface area (Å²) in [5, 5.41) is 8.56. The highest BCUT2D eigenvalue weighted by molar-refractivity contribution is 5.74. The maximum Gasteiger partial charge on any atom is 0.311 e. The van der Waals surface area contributed by atoms with Gasteiger partial charge in [-0.05, 0) is 83.6 Å². The molecule has 1 aromatic heterocycles. The van der Waals surface area contributed by atoms with Gasteiger partial charge in [-0.25, -0.2) is 0 Å². The molecule has 0 aliphatic rings. The predicted octanol–water partition coefficient (Wildman–Crippen LogP) is 11.3. The molecular weight excluding hydrogens is 612 g/mol. The van der Waals surface area contributed by atoms with Gasteiger partial charge in [0.1, 0.15) is 11.5 Å². The van der Waals surface area contributed by atoms with Crippen LogP contribution in [0.4, 0.5) is 0 Å². The van der Waals surface area contributed by atoms with E-state index in [2.05, 4.69) is 24.0 Å². The fourth-order valence-corrected chi connectivity index (χ4v) is 5.61. The Morgan fingerprint density at radius 1 is 0.449 bits per heavy atom. The maximum atomic E-state index is 12.2. The minimum absolute atomic E-state index is 0.183. The molecule has 0 amide bonds. The fraction of sp³-hybridized carbons (Fsp3) is 0.333. The SMILES string of the molecule is CCCCCCCC(=O)Oc1ccc(-c2ccc(-c3nnc(-c4ccc(-c5ccc(OC(=O)CCCCCCC)cc5)cc4)o3)cc2)cc1. The third kappa shape index (κ3) is 10.7. The average molecular weight is 659 g/mol. The molecule has 5 aromatic rings. The lowest BCUT2D eigenvalue weighted by molar-refractivity contribution is -0.135. The summed E-state index contributed by atoms with van der Waals surface area (Å²) in [7, 11) is 0. The largest absolute Gasteiger partial charge is 0.427 e. The first-order chi connectivity index (χ1) is 24.0. The second-order valence-electron chi connectivity index (χ2n) is 12.4. The van der Waals surface area contributed by atoms with Crippen LogP contribution in [0, 0.1) is 0 Å². The Morgan fingerprint density at radius 2 is 0.755 bits per heavy atom. The topological polar surface area (TPSA) is 91.5 Å². The Labute approximate surface area is 289 Å². The van der Waals surface area contributed by atoms with Crippen LogP contribution in [0.25, 0.3) is 45.2 Å². The van der Waals surface area contributed by atoms with E-state index in [1.54, 1.807) is 0 Å². The zero-order valence-corrected chi connectivity index (χ0v) is 28.7. The van der Waals surface area contributed by atoms with Gasteiger partial charge in [-0.1, -0.05) is 114 Å². The molecule has 7 heteroatoms. The van der Waals surface area contributed by atoms with Crippen molar-refractivity contribution in [3.8, 4) is 56.7 Å². The van der Waals surface area contributed by atoms with Crippen LogP contribution in [0.2, 0.25) is 0 Å². The molecule has 0 bridgehead atoms. The van der Waals surface area contributed by atoms with Crippen molar-refractivity contribution in [1.29, 1.82) is 0 Å². The summed E-state index contributed by atoms with van der Waals surface area (Å²) < 4.78 is 17.0. The van der Waals surface area contributed by atoms with Gasteiger partial charge in [-0.3, -0.25) is 9.59 Å². The zero-order valence-electron chi connectivity index (χ0n) is 28.7. The molecular formula is C42H46N2O5. The fourth-order valence-electron chi connectivity index (χ4n) is 5.61. The van der Waals surface area contributed by atoms with Gasteiger partial charge in [0.05, 0.1) is 0 Å². The Hall–Kier alpha value is -5.04. The van der Waals surface area contributed by atoms with Crippen LogP contribution in [0.5, 0.6) is 11.5 Å². The van der Waals surface area contributed by atoms with E-state index < -0.39 is 0 Å². The first-order valence-electron chi connectivity index (χ1n) is 17.7. The minimum atomic E-state index is -0.183. The van der Waals surface area contributed by atoms with E-state index in [9.17, 15) is 9.59 Å². The van der Waals surface area contributed by atoms with Crippen LogP contribution in [0.1, 0.15) is 90.9 Å². The van der Waals surface area contributed by atoms with E-state index in [0.29, 0.717) is 36.1 Å². The van der Waals surface area contributed by atoms with Crippen LogP contribution in [-0.4, -0.2) is 22.1 Å². The summed E-state index contributed by atoms with van der Waals surface area (Å²) in [4.78, 5) is 24.3. The Kier molecular flexibility index (Phi) is 13.3. The van der Waals surface area contributed by atoms with Crippen molar-refractivity contribution < 1.29 is 23.5 Å². The molecule has 0 saturated heterocycles. The molecule has 4 aromatic carbocycles. The molecule has 0 atom stereocenters. The monoisotopic (exact) mass is 658 g/mol. The highest BCUT2D eigenvalue weighted by Gasteiger charge is 2.12. The van der Waals surface area contributed by atoms with Crippen LogP contribution in [-0.2, 0) is 9.59 Å². The highest BCUT2D eigenvalue weighted by Crippen LogP contribution is 2.30. The van der Waals surface area contributed by atoms with E-state index in [4.69, 9.17) is 13.9 Å². The summed E-state index contributed by atoms with van der Waals surface area (Å²) in [5.41, 5.74) is 5.72. The summed E-state index contributed by atoms with van der Waals surface area (Å²) in [6.45, 7) is 4.36. The van der Waals surface area contributed by atoms with Crippen molar-refractivity contribution in [1.82, 2.24) is 10.2 Å². The summed E-state index contributed by atoms with van der Waals surface area (Å²) in [6.07, 6.45) is 11.9. The number of esters is 2. The third-order valence-electron chi connectivity index (χ3n) is 8.50. The van der Waals surface area contributed by atoms with Crippen LogP contribution >= 0.6 is 0 Å². The van der Waals surface area contributed by atoms with Crippen LogP contribution < -0.4 is 9.47 Å². The Morgan fingerprint density at radius 3 is 1.10 bits per heavy atom.